The van der Waals surface area contributed by atoms with Crippen molar-refractivity contribution in [3.05, 3.63) is 65.5 Å². The smallest absolute Gasteiger partial charge is 0.243 e. The van der Waals surface area contributed by atoms with E-state index < -0.39 is 0 Å². The van der Waals surface area contributed by atoms with Gasteiger partial charge in [-0.1, -0.05) is 44.2 Å². The highest BCUT2D eigenvalue weighted by Crippen LogP contribution is 2.15. The number of benzene rings is 2. The van der Waals surface area contributed by atoms with Crippen molar-refractivity contribution in [2.24, 2.45) is 0 Å². The average Bonchev–Trinajstić information content (AvgIpc) is 2.66. The van der Waals surface area contributed by atoms with Crippen molar-refractivity contribution in [1.29, 1.82) is 0 Å². The predicted molar refractivity (Wildman–Crippen MR) is 105 cm³/mol. The van der Waals surface area contributed by atoms with Crippen LogP contribution in [0.2, 0.25) is 0 Å². The van der Waals surface area contributed by atoms with E-state index in [9.17, 15) is 14.0 Å². The molecule has 0 unspecified atom stereocenters. The van der Waals surface area contributed by atoms with Crippen molar-refractivity contribution in [1.82, 2.24) is 10.2 Å². The van der Waals surface area contributed by atoms with Crippen LogP contribution in [0.5, 0.6) is 0 Å². The van der Waals surface area contributed by atoms with Gasteiger partial charge in [-0.3, -0.25) is 14.5 Å². The molecule has 0 aliphatic heterocycles. The van der Waals surface area contributed by atoms with Crippen LogP contribution in [0, 0.1) is 5.82 Å². The second kappa shape index (κ2) is 10.4. The van der Waals surface area contributed by atoms with Gasteiger partial charge in [0, 0.05) is 12.2 Å². The monoisotopic (exact) mass is 371 g/mol. The van der Waals surface area contributed by atoms with E-state index in [1.54, 1.807) is 6.07 Å². The van der Waals surface area contributed by atoms with Crippen molar-refractivity contribution in [3.63, 3.8) is 0 Å². The van der Waals surface area contributed by atoms with Crippen LogP contribution in [-0.2, 0) is 22.6 Å². The number of rotatable bonds is 9. The molecule has 0 saturated heterocycles. The summed E-state index contributed by atoms with van der Waals surface area (Å²) in [4.78, 5) is 26.1. The van der Waals surface area contributed by atoms with Crippen LogP contribution in [0.15, 0.2) is 48.5 Å². The first-order valence-corrected chi connectivity index (χ1v) is 9.13. The van der Waals surface area contributed by atoms with Crippen molar-refractivity contribution < 1.29 is 14.0 Å². The Morgan fingerprint density at radius 1 is 1.04 bits per heavy atom. The van der Waals surface area contributed by atoms with E-state index in [4.69, 9.17) is 0 Å². The second-order valence-electron chi connectivity index (χ2n) is 6.27. The van der Waals surface area contributed by atoms with Gasteiger partial charge in [0.05, 0.1) is 13.1 Å². The van der Waals surface area contributed by atoms with Gasteiger partial charge >= 0.3 is 0 Å². The number of halogens is 1. The summed E-state index contributed by atoms with van der Waals surface area (Å²) >= 11 is 0. The number of hydrogen-bond donors (Lipinski definition) is 2. The van der Waals surface area contributed by atoms with Crippen molar-refractivity contribution >= 4 is 17.5 Å². The van der Waals surface area contributed by atoms with Crippen LogP contribution >= 0.6 is 0 Å². The number of hydrogen-bond acceptors (Lipinski definition) is 3. The van der Waals surface area contributed by atoms with E-state index >= 15 is 0 Å². The molecule has 6 heteroatoms. The lowest BCUT2D eigenvalue weighted by Gasteiger charge is -2.20. The lowest BCUT2D eigenvalue weighted by atomic mass is 10.1. The number of nitrogens with zero attached hydrogens (tertiary/aromatic N) is 1. The van der Waals surface area contributed by atoms with Crippen LogP contribution in [0.25, 0.3) is 0 Å². The Kier molecular flexibility index (Phi) is 7.95. The molecule has 0 heterocycles. The van der Waals surface area contributed by atoms with Crippen molar-refractivity contribution in [2.45, 2.75) is 26.8 Å². The Bertz CT molecular complexity index is 780. The maximum Gasteiger partial charge on any atom is 0.243 e. The Morgan fingerprint density at radius 3 is 2.52 bits per heavy atom. The first-order valence-electron chi connectivity index (χ1n) is 9.13. The highest BCUT2D eigenvalue weighted by atomic mass is 19.1. The summed E-state index contributed by atoms with van der Waals surface area (Å²) in [6.07, 6.45) is 0.814. The number of carbonyl (C=O) groups excluding carboxylic acids is 2. The first kappa shape index (κ1) is 20.6. The lowest BCUT2D eigenvalue weighted by molar-refractivity contribution is -0.125. The fourth-order valence-electron chi connectivity index (χ4n) is 2.76. The fourth-order valence-corrected chi connectivity index (χ4v) is 2.76. The molecule has 2 N–H and O–H groups in total. The van der Waals surface area contributed by atoms with Crippen LogP contribution in [0.4, 0.5) is 10.1 Å². The number of anilines is 1. The summed E-state index contributed by atoms with van der Waals surface area (Å²) in [6.45, 7) is 5.11. The molecule has 0 radical (unpaired) electrons. The molecule has 0 aromatic heterocycles. The maximum absolute atomic E-state index is 13.3. The van der Waals surface area contributed by atoms with Gasteiger partial charge in [-0.05, 0) is 42.3 Å². The Morgan fingerprint density at radius 2 is 1.81 bits per heavy atom. The zero-order valence-corrected chi connectivity index (χ0v) is 15.8. The molecule has 144 valence electrons. The molecule has 0 spiro atoms. The largest absolute Gasteiger partial charge is 0.346 e. The molecule has 2 aromatic rings. The topological polar surface area (TPSA) is 61.4 Å². The van der Waals surface area contributed by atoms with Gasteiger partial charge in [0.25, 0.3) is 0 Å². The third kappa shape index (κ3) is 6.83. The number of amides is 2. The minimum absolute atomic E-state index is 0.0889. The number of likely N-dealkylation sites (N-methyl/N-ethyl adjacent to an activating group) is 1. The summed E-state index contributed by atoms with van der Waals surface area (Å²) in [6, 6.07) is 13.9. The van der Waals surface area contributed by atoms with Gasteiger partial charge in [0.15, 0.2) is 0 Å². The number of nitrogens with one attached hydrogen (secondary N) is 2. The minimum Gasteiger partial charge on any atom is -0.346 e. The lowest BCUT2D eigenvalue weighted by Crippen LogP contribution is -2.40. The van der Waals surface area contributed by atoms with Crippen LogP contribution < -0.4 is 10.6 Å². The predicted octanol–water partition coefficient (Wildman–Crippen LogP) is 2.96. The summed E-state index contributed by atoms with van der Waals surface area (Å²) < 4.78 is 13.3. The van der Waals surface area contributed by atoms with E-state index in [-0.39, 0.29) is 30.7 Å². The quantitative estimate of drug-likeness (QED) is 0.712. The zero-order chi connectivity index (χ0) is 19.6. The van der Waals surface area contributed by atoms with E-state index in [0.717, 1.165) is 23.2 Å². The number of aryl methyl sites for hydroxylation is 1. The molecular formula is C21H26FN3O2. The van der Waals surface area contributed by atoms with Crippen LogP contribution in [0.1, 0.15) is 25.0 Å². The SMILES string of the molecule is CCc1ccccc1NC(=O)CNC(=O)CN(CC)Cc1cccc(F)c1. The second-order valence-corrected chi connectivity index (χ2v) is 6.27. The van der Waals surface area contributed by atoms with Gasteiger partial charge in [0.2, 0.25) is 11.8 Å². The molecular weight excluding hydrogens is 345 g/mol. The summed E-state index contributed by atoms with van der Waals surface area (Å²) in [5, 5.41) is 5.46. The van der Waals surface area contributed by atoms with Crippen molar-refractivity contribution in [2.75, 3.05) is 25.0 Å². The highest BCUT2D eigenvalue weighted by Gasteiger charge is 2.12. The highest BCUT2D eigenvalue weighted by molar-refractivity contribution is 5.95. The van der Waals surface area contributed by atoms with E-state index in [1.807, 2.05) is 49.1 Å². The Hall–Kier alpha value is -2.73. The molecule has 5 nitrogen and oxygen atoms in total. The van der Waals surface area contributed by atoms with Gasteiger partial charge < -0.3 is 10.6 Å². The zero-order valence-electron chi connectivity index (χ0n) is 15.8. The van der Waals surface area contributed by atoms with Gasteiger partial charge in [0.1, 0.15) is 5.82 Å². The molecule has 27 heavy (non-hydrogen) atoms. The molecule has 2 aromatic carbocycles. The molecule has 0 saturated carbocycles. The number of carbonyl (C=O) groups is 2. The molecule has 0 atom stereocenters. The van der Waals surface area contributed by atoms with E-state index in [1.165, 1.54) is 12.1 Å². The molecule has 0 aliphatic carbocycles. The van der Waals surface area contributed by atoms with Gasteiger partial charge in [-0.25, -0.2) is 4.39 Å². The van der Waals surface area contributed by atoms with E-state index in [0.29, 0.717) is 13.1 Å². The number of para-hydroxylation sites is 1. The summed E-state index contributed by atoms with van der Waals surface area (Å²) in [5.41, 5.74) is 2.61. The Balaban J connectivity index is 1.81. The molecule has 2 rings (SSSR count). The normalized spacial score (nSPS) is 10.7. The Labute approximate surface area is 159 Å². The van der Waals surface area contributed by atoms with Crippen LogP contribution in [0.3, 0.4) is 0 Å². The molecule has 0 fully saturated rings. The minimum atomic E-state index is -0.294. The first-order chi connectivity index (χ1) is 13.0. The molecule has 2 amide bonds. The fraction of sp³-hybridized carbons (Fsp3) is 0.333. The standard InChI is InChI=1S/C21H26FN3O2/c1-3-17-9-5-6-11-19(17)24-20(26)13-23-21(27)15-25(4-2)14-16-8-7-10-18(22)12-16/h5-12H,3-4,13-15H2,1-2H3,(H,23,27)(H,24,26). The average molecular weight is 371 g/mol. The van der Waals surface area contributed by atoms with Gasteiger partial charge in [-0.2, -0.15) is 0 Å². The molecule has 0 aliphatic rings. The van der Waals surface area contributed by atoms with Crippen molar-refractivity contribution in [3.8, 4) is 0 Å². The maximum atomic E-state index is 13.3. The molecule has 0 bridgehead atoms. The summed E-state index contributed by atoms with van der Waals surface area (Å²) in [5.74, 6) is -0.804. The summed E-state index contributed by atoms with van der Waals surface area (Å²) in [7, 11) is 0. The van der Waals surface area contributed by atoms with Crippen LogP contribution in [-0.4, -0.2) is 36.3 Å². The third-order valence-corrected chi connectivity index (χ3v) is 4.23. The van der Waals surface area contributed by atoms with E-state index in [2.05, 4.69) is 10.6 Å². The van der Waals surface area contributed by atoms with Gasteiger partial charge in [-0.15, -0.1) is 0 Å². The third-order valence-electron chi connectivity index (χ3n) is 4.23.